The molecule has 0 saturated heterocycles. The van der Waals surface area contributed by atoms with E-state index in [0.29, 0.717) is 10.6 Å². The number of hydrogen-bond acceptors (Lipinski definition) is 4. The van der Waals surface area contributed by atoms with Gasteiger partial charge in [0.2, 0.25) is 0 Å². The number of aryl methyl sites for hydroxylation is 1. The second-order valence-corrected chi connectivity index (χ2v) is 8.13. The number of carbonyl (C=O) groups is 2. The normalized spacial score (nSPS) is 16.9. The Morgan fingerprint density at radius 2 is 1.89 bits per heavy atom. The monoisotopic (exact) mass is 385 g/mol. The number of amides is 1. The van der Waals surface area contributed by atoms with Crippen LogP contribution < -0.4 is 5.32 Å². The SMILES string of the molecule is CC[S@@](=O)c1ccccc1C(=O)OCC(=O)N[C@H]1CCCc2ccccc21. The van der Waals surface area contributed by atoms with E-state index in [9.17, 15) is 13.8 Å². The maximum Gasteiger partial charge on any atom is 0.339 e. The molecule has 0 aromatic heterocycles. The van der Waals surface area contributed by atoms with Gasteiger partial charge in [0.25, 0.3) is 5.91 Å². The zero-order chi connectivity index (χ0) is 19.2. The van der Waals surface area contributed by atoms with E-state index in [1.54, 1.807) is 31.2 Å². The molecule has 1 N–H and O–H groups in total. The van der Waals surface area contributed by atoms with Crippen LogP contribution in [0.15, 0.2) is 53.4 Å². The average Bonchev–Trinajstić information content (AvgIpc) is 2.71. The number of nitrogens with one attached hydrogen (secondary N) is 1. The van der Waals surface area contributed by atoms with Crippen molar-refractivity contribution in [1.29, 1.82) is 0 Å². The number of benzene rings is 2. The highest BCUT2D eigenvalue weighted by atomic mass is 32.2. The molecule has 142 valence electrons. The van der Waals surface area contributed by atoms with Gasteiger partial charge in [-0.25, -0.2) is 4.79 Å². The Labute approximate surface area is 161 Å². The van der Waals surface area contributed by atoms with Gasteiger partial charge in [-0.3, -0.25) is 9.00 Å². The van der Waals surface area contributed by atoms with Crippen molar-refractivity contribution in [3.8, 4) is 0 Å². The minimum absolute atomic E-state index is 0.0546. The van der Waals surface area contributed by atoms with Crippen molar-refractivity contribution in [1.82, 2.24) is 5.32 Å². The lowest BCUT2D eigenvalue weighted by atomic mass is 9.88. The van der Waals surface area contributed by atoms with Crippen LogP contribution in [0.4, 0.5) is 0 Å². The summed E-state index contributed by atoms with van der Waals surface area (Å²) in [6.07, 6.45) is 2.90. The first-order valence-corrected chi connectivity index (χ1v) is 10.4. The maximum absolute atomic E-state index is 12.3. The van der Waals surface area contributed by atoms with E-state index in [-0.39, 0.29) is 24.1 Å². The van der Waals surface area contributed by atoms with Crippen LogP contribution in [-0.4, -0.2) is 28.4 Å². The van der Waals surface area contributed by atoms with Gasteiger partial charge >= 0.3 is 5.97 Å². The van der Waals surface area contributed by atoms with Gasteiger partial charge in [0.05, 0.1) is 27.3 Å². The lowest BCUT2D eigenvalue weighted by Gasteiger charge is -2.26. The van der Waals surface area contributed by atoms with Crippen molar-refractivity contribution in [3.05, 3.63) is 65.2 Å². The van der Waals surface area contributed by atoms with Crippen molar-refractivity contribution < 1.29 is 18.5 Å². The first-order valence-electron chi connectivity index (χ1n) is 9.12. The fraction of sp³-hybridized carbons (Fsp3) is 0.333. The van der Waals surface area contributed by atoms with Crippen LogP contribution in [-0.2, 0) is 26.8 Å². The van der Waals surface area contributed by atoms with Gasteiger partial charge in [0, 0.05) is 5.75 Å². The summed E-state index contributed by atoms with van der Waals surface area (Å²) in [6, 6.07) is 14.7. The second-order valence-electron chi connectivity index (χ2n) is 6.42. The summed E-state index contributed by atoms with van der Waals surface area (Å²) in [4.78, 5) is 25.1. The molecule has 6 heteroatoms. The summed E-state index contributed by atoms with van der Waals surface area (Å²) in [7, 11) is -1.27. The van der Waals surface area contributed by atoms with Gasteiger partial charge in [-0.05, 0) is 42.5 Å². The highest BCUT2D eigenvalue weighted by Gasteiger charge is 2.22. The molecule has 0 spiro atoms. The zero-order valence-corrected chi connectivity index (χ0v) is 16.1. The highest BCUT2D eigenvalue weighted by molar-refractivity contribution is 7.85. The Morgan fingerprint density at radius 3 is 2.70 bits per heavy atom. The molecule has 5 nitrogen and oxygen atoms in total. The average molecular weight is 385 g/mol. The third kappa shape index (κ3) is 4.63. The molecule has 0 heterocycles. The van der Waals surface area contributed by atoms with Gasteiger partial charge in [0.15, 0.2) is 6.61 Å². The molecule has 2 aromatic rings. The van der Waals surface area contributed by atoms with Crippen molar-refractivity contribution >= 4 is 22.7 Å². The smallest absolute Gasteiger partial charge is 0.339 e. The van der Waals surface area contributed by atoms with Gasteiger partial charge in [-0.1, -0.05) is 43.3 Å². The lowest BCUT2D eigenvalue weighted by Crippen LogP contribution is -2.34. The van der Waals surface area contributed by atoms with Crippen LogP contribution in [0.2, 0.25) is 0 Å². The summed E-state index contributed by atoms with van der Waals surface area (Å²) < 4.78 is 17.2. The standard InChI is InChI=1S/C21H23NO4S/c1-2-27(25)19-13-6-5-11-17(19)21(24)26-14-20(23)22-18-12-7-9-15-8-3-4-10-16(15)18/h3-6,8,10-11,13,18H,2,7,9,12,14H2,1H3,(H,22,23)/t18-,27+/m0/s1. The molecule has 0 fully saturated rings. The van der Waals surface area contributed by atoms with E-state index in [2.05, 4.69) is 11.4 Å². The second kappa shape index (κ2) is 8.95. The molecular weight excluding hydrogens is 362 g/mol. The summed E-state index contributed by atoms with van der Waals surface area (Å²) >= 11 is 0. The van der Waals surface area contributed by atoms with Crippen LogP contribution in [0.5, 0.6) is 0 Å². The zero-order valence-electron chi connectivity index (χ0n) is 15.3. The lowest BCUT2D eigenvalue weighted by molar-refractivity contribution is -0.125. The highest BCUT2D eigenvalue weighted by Crippen LogP contribution is 2.29. The quantitative estimate of drug-likeness (QED) is 0.776. The predicted molar refractivity (Wildman–Crippen MR) is 104 cm³/mol. The fourth-order valence-electron chi connectivity index (χ4n) is 3.34. The Bertz CT molecular complexity index is 865. The molecule has 27 heavy (non-hydrogen) atoms. The Balaban J connectivity index is 1.61. The number of carbonyl (C=O) groups excluding carboxylic acids is 2. The molecule has 2 aromatic carbocycles. The predicted octanol–water partition coefficient (Wildman–Crippen LogP) is 3.16. The Hall–Kier alpha value is -2.47. The molecule has 3 rings (SSSR count). The van der Waals surface area contributed by atoms with E-state index in [1.165, 1.54) is 5.56 Å². The number of hydrogen-bond donors (Lipinski definition) is 1. The first-order chi connectivity index (χ1) is 13.1. The van der Waals surface area contributed by atoms with E-state index >= 15 is 0 Å². The molecule has 2 atom stereocenters. The van der Waals surface area contributed by atoms with E-state index in [4.69, 9.17) is 4.74 Å². The first kappa shape index (κ1) is 19.3. The minimum Gasteiger partial charge on any atom is -0.452 e. The summed E-state index contributed by atoms with van der Waals surface area (Å²) in [5.74, 6) is -0.558. The van der Waals surface area contributed by atoms with Crippen LogP contribution in [0.1, 0.15) is 47.3 Å². The van der Waals surface area contributed by atoms with Crippen LogP contribution >= 0.6 is 0 Å². The van der Waals surface area contributed by atoms with E-state index in [1.807, 2.05) is 18.2 Å². The van der Waals surface area contributed by atoms with Crippen molar-refractivity contribution in [2.45, 2.75) is 37.1 Å². The third-order valence-electron chi connectivity index (χ3n) is 4.65. The molecule has 0 unspecified atom stereocenters. The van der Waals surface area contributed by atoms with Crippen molar-refractivity contribution in [2.75, 3.05) is 12.4 Å². The van der Waals surface area contributed by atoms with Crippen molar-refractivity contribution in [2.24, 2.45) is 0 Å². The third-order valence-corrected chi connectivity index (χ3v) is 6.02. The van der Waals surface area contributed by atoms with Crippen LogP contribution in [0.3, 0.4) is 0 Å². The minimum atomic E-state index is -1.27. The largest absolute Gasteiger partial charge is 0.452 e. The summed E-state index contributed by atoms with van der Waals surface area (Å²) in [6.45, 7) is 1.43. The fourth-order valence-corrected chi connectivity index (χ4v) is 4.28. The van der Waals surface area contributed by atoms with Gasteiger partial charge in [-0.2, -0.15) is 0 Å². The molecule has 0 aliphatic heterocycles. The van der Waals surface area contributed by atoms with E-state index in [0.717, 1.165) is 24.8 Å². The summed E-state index contributed by atoms with van der Waals surface area (Å²) in [5.41, 5.74) is 2.63. The molecule has 0 radical (unpaired) electrons. The van der Waals surface area contributed by atoms with Gasteiger partial charge < -0.3 is 10.1 Å². The number of fused-ring (bicyclic) bond motifs is 1. The Kier molecular flexibility index (Phi) is 6.40. The molecule has 1 amide bonds. The van der Waals surface area contributed by atoms with Crippen LogP contribution in [0, 0.1) is 0 Å². The summed E-state index contributed by atoms with van der Waals surface area (Å²) in [5, 5.41) is 2.95. The topological polar surface area (TPSA) is 72.5 Å². The van der Waals surface area contributed by atoms with Gasteiger partial charge in [-0.15, -0.1) is 0 Å². The number of rotatable bonds is 6. The maximum atomic E-state index is 12.3. The molecule has 1 aliphatic rings. The molecule has 0 bridgehead atoms. The van der Waals surface area contributed by atoms with E-state index < -0.39 is 16.8 Å². The Morgan fingerprint density at radius 1 is 1.15 bits per heavy atom. The molecule has 0 saturated carbocycles. The molecule has 1 aliphatic carbocycles. The number of ether oxygens (including phenoxy) is 1. The van der Waals surface area contributed by atoms with Crippen LogP contribution in [0.25, 0.3) is 0 Å². The van der Waals surface area contributed by atoms with Crippen molar-refractivity contribution in [3.63, 3.8) is 0 Å². The van der Waals surface area contributed by atoms with Gasteiger partial charge in [0.1, 0.15) is 0 Å². The molecular formula is C21H23NO4S. The number of esters is 1.